The van der Waals surface area contributed by atoms with E-state index < -0.39 is 0 Å². The Kier molecular flexibility index (Phi) is 7.56. The van der Waals surface area contributed by atoms with Gasteiger partial charge in [0, 0.05) is 5.57 Å². The van der Waals surface area contributed by atoms with Gasteiger partial charge >= 0.3 is 0 Å². The van der Waals surface area contributed by atoms with Crippen LogP contribution in [0.3, 0.4) is 0 Å². The molecule has 0 unspecified atom stereocenters. The minimum atomic E-state index is -0.161. The molecule has 3 heteroatoms. The number of hydrogen-bond acceptors (Lipinski definition) is 2. The molecule has 0 aromatic heterocycles. The lowest BCUT2D eigenvalue weighted by Crippen LogP contribution is -2.42. The normalized spacial score (nSPS) is 16.2. The molecule has 0 saturated carbocycles. The molecule has 0 aromatic rings. The minimum absolute atomic E-state index is 0.0162. The highest BCUT2D eigenvalue weighted by atomic mass is 16.3. The van der Waals surface area contributed by atoms with Crippen molar-refractivity contribution < 1.29 is 9.90 Å². The van der Waals surface area contributed by atoms with Crippen molar-refractivity contribution in [2.24, 2.45) is 5.92 Å². The summed E-state index contributed by atoms with van der Waals surface area (Å²) in [6.45, 7) is 7.71. The third kappa shape index (κ3) is 5.12. The molecule has 2 atom stereocenters. The molecule has 0 heterocycles. The van der Waals surface area contributed by atoms with Crippen LogP contribution in [-0.4, -0.2) is 23.7 Å². The summed E-state index contributed by atoms with van der Waals surface area (Å²) in [5.41, 5.74) is 0.653. The second-order valence-electron chi connectivity index (χ2n) is 4.02. The maximum Gasteiger partial charge on any atom is 0.247 e. The number of hydrogen-bond donors (Lipinski definition) is 2. The van der Waals surface area contributed by atoms with Crippen molar-refractivity contribution in [2.75, 3.05) is 6.61 Å². The molecule has 0 rings (SSSR count). The number of carbonyl (C=O) groups is 1. The lowest BCUT2D eigenvalue weighted by Gasteiger charge is -2.22. The lowest BCUT2D eigenvalue weighted by molar-refractivity contribution is -0.118. The summed E-state index contributed by atoms with van der Waals surface area (Å²) in [7, 11) is 0. The highest BCUT2D eigenvalue weighted by molar-refractivity contribution is 5.93. The van der Waals surface area contributed by atoms with Crippen molar-refractivity contribution in [3.05, 3.63) is 23.8 Å². The Morgan fingerprint density at radius 1 is 1.50 bits per heavy atom. The first kappa shape index (κ1) is 14.9. The maximum absolute atomic E-state index is 11.7. The summed E-state index contributed by atoms with van der Waals surface area (Å²) < 4.78 is 0. The van der Waals surface area contributed by atoms with Crippen LogP contribution in [0.2, 0.25) is 0 Å². The van der Waals surface area contributed by atoms with E-state index in [9.17, 15) is 9.90 Å². The largest absolute Gasteiger partial charge is 0.394 e. The standard InChI is InChI=1S/C13H23NO2/c1-5-7-8-11(4)13(16)14-12(9-15)10(3)6-2/h5,7-8,10,12,15H,6,9H2,1-4H3,(H,14,16)/b7-5+,11-8+/t10-,12+/m1/s1. The molecule has 0 spiro atoms. The predicted molar refractivity (Wildman–Crippen MR) is 67.0 cm³/mol. The summed E-state index contributed by atoms with van der Waals surface area (Å²) in [6, 6.07) is -0.161. The fourth-order valence-electron chi connectivity index (χ4n) is 1.25. The van der Waals surface area contributed by atoms with Crippen LogP contribution in [-0.2, 0) is 4.79 Å². The average Bonchev–Trinajstić information content (AvgIpc) is 2.31. The topological polar surface area (TPSA) is 49.3 Å². The molecule has 3 nitrogen and oxygen atoms in total. The average molecular weight is 225 g/mol. The zero-order valence-corrected chi connectivity index (χ0v) is 10.7. The van der Waals surface area contributed by atoms with Gasteiger partial charge in [0.15, 0.2) is 0 Å². The Labute approximate surface area is 98.2 Å². The number of amides is 1. The molecule has 0 aliphatic rings. The third-order valence-electron chi connectivity index (χ3n) is 2.74. The van der Waals surface area contributed by atoms with Gasteiger partial charge in [0.25, 0.3) is 0 Å². The molecule has 0 aliphatic carbocycles. The highest BCUT2D eigenvalue weighted by Crippen LogP contribution is 2.07. The summed E-state index contributed by atoms with van der Waals surface area (Å²) in [6.07, 6.45) is 6.39. The van der Waals surface area contributed by atoms with Crippen molar-refractivity contribution >= 4 is 5.91 Å². The molecule has 0 aromatic carbocycles. The van der Waals surface area contributed by atoms with Crippen molar-refractivity contribution in [3.8, 4) is 0 Å². The molecule has 0 bridgehead atoms. The first-order valence-corrected chi connectivity index (χ1v) is 5.78. The number of nitrogens with one attached hydrogen (secondary N) is 1. The van der Waals surface area contributed by atoms with Crippen LogP contribution in [0, 0.1) is 5.92 Å². The monoisotopic (exact) mass is 225 g/mol. The molecule has 0 fully saturated rings. The Morgan fingerprint density at radius 3 is 2.56 bits per heavy atom. The maximum atomic E-state index is 11.7. The van der Waals surface area contributed by atoms with Gasteiger partial charge in [-0.2, -0.15) is 0 Å². The summed E-state index contributed by atoms with van der Waals surface area (Å²) in [4.78, 5) is 11.7. The van der Waals surface area contributed by atoms with Crippen LogP contribution < -0.4 is 5.32 Å². The SMILES string of the molecule is C/C=C/C=C(\C)C(=O)N[C@@H](CO)[C@H](C)CC. The second-order valence-corrected chi connectivity index (χ2v) is 4.02. The van der Waals surface area contributed by atoms with Crippen molar-refractivity contribution in [1.29, 1.82) is 0 Å². The quantitative estimate of drug-likeness (QED) is 0.537. The molecule has 0 radical (unpaired) electrons. The van der Waals surface area contributed by atoms with Crippen LogP contribution >= 0.6 is 0 Å². The zero-order valence-electron chi connectivity index (χ0n) is 10.7. The smallest absolute Gasteiger partial charge is 0.247 e. The van der Waals surface area contributed by atoms with E-state index in [2.05, 4.69) is 5.32 Å². The van der Waals surface area contributed by atoms with E-state index in [0.29, 0.717) is 5.57 Å². The first-order valence-electron chi connectivity index (χ1n) is 5.78. The highest BCUT2D eigenvalue weighted by Gasteiger charge is 2.17. The van der Waals surface area contributed by atoms with Gasteiger partial charge in [-0.25, -0.2) is 0 Å². The number of allylic oxidation sites excluding steroid dienone is 3. The molecular formula is C13H23NO2. The molecular weight excluding hydrogens is 202 g/mol. The van der Waals surface area contributed by atoms with Crippen LogP contribution in [0.4, 0.5) is 0 Å². The van der Waals surface area contributed by atoms with Crippen LogP contribution in [0.1, 0.15) is 34.1 Å². The third-order valence-corrected chi connectivity index (χ3v) is 2.74. The fourth-order valence-corrected chi connectivity index (χ4v) is 1.25. The Balaban J connectivity index is 4.41. The van der Waals surface area contributed by atoms with Gasteiger partial charge in [0.1, 0.15) is 0 Å². The predicted octanol–water partition coefficient (Wildman–Crippen LogP) is 2.03. The van der Waals surface area contributed by atoms with E-state index >= 15 is 0 Å². The number of aliphatic hydroxyl groups excluding tert-OH is 1. The number of aliphatic hydroxyl groups is 1. The van der Waals surface area contributed by atoms with E-state index in [0.717, 1.165) is 6.42 Å². The van der Waals surface area contributed by atoms with Gasteiger partial charge < -0.3 is 10.4 Å². The number of rotatable bonds is 6. The summed E-state index contributed by atoms with van der Waals surface area (Å²) >= 11 is 0. The van der Waals surface area contributed by atoms with Crippen molar-refractivity contribution in [3.63, 3.8) is 0 Å². The fraction of sp³-hybridized carbons (Fsp3) is 0.615. The molecule has 1 amide bonds. The molecule has 0 aliphatic heterocycles. The van der Waals surface area contributed by atoms with Crippen molar-refractivity contribution in [1.82, 2.24) is 5.32 Å². The lowest BCUT2D eigenvalue weighted by atomic mass is 9.99. The van der Waals surface area contributed by atoms with E-state index in [-0.39, 0.29) is 24.5 Å². The van der Waals surface area contributed by atoms with Gasteiger partial charge in [-0.05, 0) is 19.8 Å². The van der Waals surface area contributed by atoms with Gasteiger partial charge in [-0.3, -0.25) is 4.79 Å². The Hall–Kier alpha value is -1.09. The Morgan fingerprint density at radius 2 is 2.12 bits per heavy atom. The molecule has 92 valence electrons. The van der Waals surface area contributed by atoms with E-state index in [1.165, 1.54) is 0 Å². The molecule has 2 N–H and O–H groups in total. The number of carbonyl (C=O) groups excluding carboxylic acids is 1. The van der Waals surface area contributed by atoms with Gasteiger partial charge in [0.2, 0.25) is 5.91 Å². The van der Waals surface area contributed by atoms with Crippen LogP contribution in [0.25, 0.3) is 0 Å². The molecule has 16 heavy (non-hydrogen) atoms. The van der Waals surface area contributed by atoms with Crippen molar-refractivity contribution in [2.45, 2.75) is 40.2 Å². The van der Waals surface area contributed by atoms with Crippen LogP contribution in [0.5, 0.6) is 0 Å². The summed E-state index contributed by atoms with van der Waals surface area (Å²) in [5.74, 6) is 0.168. The summed E-state index contributed by atoms with van der Waals surface area (Å²) in [5, 5.41) is 12.0. The van der Waals surface area contributed by atoms with E-state index in [4.69, 9.17) is 0 Å². The van der Waals surface area contributed by atoms with E-state index in [1.807, 2.05) is 32.9 Å². The first-order chi connectivity index (χ1) is 7.56. The van der Waals surface area contributed by atoms with Gasteiger partial charge in [0.05, 0.1) is 12.6 Å². The van der Waals surface area contributed by atoms with E-state index in [1.54, 1.807) is 13.0 Å². The van der Waals surface area contributed by atoms with Gasteiger partial charge in [-0.15, -0.1) is 0 Å². The zero-order chi connectivity index (χ0) is 12.6. The molecule has 0 saturated heterocycles. The Bertz CT molecular complexity index is 269. The van der Waals surface area contributed by atoms with Gasteiger partial charge in [-0.1, -0.05) is 38.5 Å². The van der Waals surface area contributed by atoms with Crippen LogP contribution in [0.15, 0.2) is 23.8 Å². The minimum Gasteiger partial charge on any atom is -0.394 e. The second kappa shape index (κ2) is 8.11.